The van der Waals surface area contributed by atoms with Gasteiger partial charge < -0.3 is 9.64 Å². The quantitative estimate of drug-likeness (QED) is 0.441. The van der Waals surface area contributed by atoms with Crippen LogP contribution in [0.2, 0.25) is 0 Å². The Bertz CT molecular complexity index is 927. The second kappa shape index (κ2) is 11.2. The molecule has 0 amide bonds. The van der Waals surface area contributed by atoms with E-state index in [-0.39, 0.29) is 0 Å². The third kappa shape index (κ3) is 6.23. The van der Waals surface area contributed by atoms with E-state index in [9.17, 15) is 0 Å². The van der Waals surface area contributed by atoms with Crippen molar-refractivity contribution in [3.05, 3.63) is 57.6 Å². The van der Waals surface area contributed by atoms with Gasteiger partial charge in [0.2, 0.25) is 0 Å². The van der Waals surface area contributed by atoms with Crippen LogP contribution in [0.15, 0.2) is 34.3 Å². The van der Waals surface area contributed by atoms with Crippen molar-refractivity contribution >= 4 is 43.5 Å². The molecule has 166 valence electrons. The first-order chi connectivity index (χ1) is 14.2. The van der Waals surface area contributed by atoms with E-state index in [1.54, 1.807) is 0 Å². The van der Waals surface area contributed by atoms with Crippen molar-refractivity contribution in [2.24, 2.45) is 9.98 Å². The predicted octanol–water partition coefficient (Wildman–Crippen LogP) is 6.64. The molecule has 0 unspecified atom stereocenters. The van der Waals surface area contributed by atoms with Crippen LogP contribution in [0.5, 0.6) is 0 Å². The Kier molecular flexibility index (Phi) is 9.21. The van der Waals surface area contributed by atoms with Gasteiger partial charge in [-0.05, 0) is 63.8 Å². The molecule has 4 nitrogen and oxygen atoms in total. The summed E-state index contributed by atoms with van der Waals surface area (Å²) in [6.45, 7) is 14.0. The number of amidine groups is 1. The number of likely N-dealkylation sites (N-methyl/N-ethyl adjacent to an activating group) is 1. The number of ether oxygens (including phenoxy) is 1. The summed E-state index contributed by atoms with van der Waals surface area (Å²) in [5.41, 5.74) is 9.10. The van der Waals surface area contributed by atoms with E-state index >= 15 is 0 Å². The molecule has 7 heteroatoms. The van der Waals surface area contributed by atoms with Crippen molar-refractivity contribution < 1.29 is 17.4 Å². The van der Waals surface area contributed by atoms with E-state index in [0.717, 1.165) is 34.9 Å². The van der Waals surface area contributed by atoms with Gasteiger partial charge in [0.05, 0.1) is 17.9 Å². The molecule has 1 aliphatic heterocycles. The third-order valence-electron chi connectivity index (χ3n) is 4.92. The zero-order valence-electron chi connectivity index (χ0n) is 18.5. The molecule has 0 radical (unpaired) electrons. The van der Waals surface area contributed by atoms with Crippen LogP contribution in [-0.4, -0.2) is 36.8 Å². The Balaban J connectivity index is 0.00000101. The zero-order chi connectivity index (χ0) is 22.4. The fourth-order valence-corrected chi connectivity index (χ4v) is 3.73. The molecule has 1 aliphatic rings. The second-order valence-corrected chi connectivity index (χ2v) is 9.29. The van der Waals surface area contributed by atoms with Crippen molar-refractivity contribution in [3.63, 3.8) is 0 Å². The summed E-state index contributed by atoms with van der Waals surface area (Å²) in [5, 5.41) is 0. The number of morpholine rings is 1. The standard InChI is InChI=1S/C23H29N3O.2ClH.Ni/c1-14-10-16(3)20(17(4)11-14)24-22-23(27-9-8-26(22)7)25-21-18(5)12-15(2)13-19(21)6;;;/h10-13H,8-9H2,1-7H3;2*1H;/q;;;+2/p-2. The first-order valence-electron chi connectivity index (χ1n) is 9.67. The molecule has 30 heavy (non-hydrogen) atoms. The van der Waals surface area contributed by atoms with E-state index in [4.69, 9.17) is 35.1 Å². The van der Waals surface area contributed by atoms with E-state index in [2.05, 4.69) is 70.7 Å². The number of halogens is 2. The second-order valence-electron chi connectivity index (χ2n) is 7.66. The molecule has 0 saturated carbocycles. The first kappa shape index (κ1) is 24.7. The summed E-state index contributed by atoms with van der Waals surface area (Å²) in [7, 11) is 11.4. The van der Waals surface area contributed by atoms with Gasteiger partial charge in [0.15, 0.2) is 5.84 Å². The van der Waals surface area contributed by atoms with Crippen molar-refractivity contribution in [1.29, 1.82) is 0 Å². The van der Waals surface area contributed by atoms with Crippen LogP contribution >= 0.6 is 20.4 Å². The van der Waals surface area contributed by atoms with Crippen LogP contribution in [0.4, 0.5) is 11.4 Å². The Labute approximate surface area is 194 Å². The van der Waals surface area contributed by atoms with Gasteiger partial charge >= 0.3 is 33.0 Å². The van der Waals surface area contributed by atoms with Gasteiger partial charge in [-0.25, -0.2) is 9.98 Å². The van der Waals surface area contributed by atoms with Crippen LogP contribution in [0.1, 0.15) is 33.4 Å². The SMILES string of the molecule is Cc1cc(C)c(N=C2OCCN(C)C2=Nc2c(C)cc(C)cc2C)c(C)c1.[Cl][Ni][Cl]. The van der Waals surface area contributed by atoms with Crippen molar-refractivity contribution in [3.8, 4) is 0 Å². The molecule has 0 atom stereocenters. The molecule has 0 aliphatic carbocycles. The van der Waals surface area contributed by atoms with Crippen LogP contribution in [-0.2, 0) is 17.4 Å². The molecule has 2 aromatic rings. The van der Waals surface area contributed by atoms with E-state index in [1.165, 1.54) is 22.3 Å². The van der Waals surface area contributed by atoms with E-state index < -0.39 is 0 Å². The fraction of sp³-hybridized carbons (Fsp3) is 0.391. The van der Waals surface area contributed by atoms with Crippen LogP contribution in [0.3, 0.4) is 0 Å². The Hall–Kier alpha value is -1.55. The monoisotopic (exact) mass is 491 g/mol. The molecule has 0 spiro atoms. The van der Waals surface area contributed by atoms with Gasteiger partial charge in [0, 0.05) is 7.05 Å². The molecular weight excluding hydrogens is 464 g/mol. The number of aryl methyl sites for hydroxylation is 6. The summed E-state index contributed by atoms with van der Waals surface area (Å²) >= 11 is 0.569. The predicted molar refractivity (Wildman–Crippen MR) is 126 cm³/mol. The zero-order valence-corrected chi connectivity index (χ0v) is 21.0. The maximum atomic E-state index is 5.96. The van der Waals surface area contributed by atoms with E-state index in [1.807, 2.05) is 7.05 Å². The van der Waals surface area contributed by atoms with Gasteiger partial charge in [-0.2, -0.15) is 0 Å². The molecule has 0 bridgehead atoms. The molecular formula is C23H29Cl2N3NiO. The van der Waals surface area contributed by atoms with Crippen molar-refractivity contribution in [1.82, 2.24) is 4.90 Å². The average Bonchev–Trinajstić information content (AvgIpc) is 2.63. The molecule has 2 aromatic carbocycles. The van der Waals surface area contributed by atoms with E-state index in [0.29, 0.717) is 25.2 Å². The van der Waals surface area contributed by atoms with Gasteiger partial charge in [0.1, 0.15) is 6.61 Å². The van der Waals surface area contributed by atoms with Crippen LogP contribution in [0.25, 0.3) is 0 Å². The number of benzene rings is 2. The number of rotatable bonds is 2. The first-order valence-corrected chi connectivity index (χ1v) is 12.4. The molecule has 1 saturated heterocycles. The minimum atomic E-state index is 0.569. The normalized spacial score (nSPS) is 16.5. The van der Waals surface area contributed by atoms with Crippen molar-refractivity contribution in [2.45, 2.75) is 41.5 Å². The van der Waals surface area contributed by atoms with Crippen LogP contribution in [0, 0.1) is 41.5 Å². The third-order valence-corrected chi connectivity index (χ3v) is 4.92. The number of hydrogen-bond acceptors (Lipinski definition) is 3. The number of hydrogen-bond donors (Lipinski definition) is 0. The maximum absolute atomic E-state index is 5.96. The fourth-order valence-electron chi connectivity index (χ4n) is 3.73. The number of aliphatic imine (C=N–C) groups is 2. The van der Waals surface area contributed by atoms with Gasteiger partial charge in [-0.1, -0.05) is 35.4 Å². The summed E-state index contributed by atoms with van der Waals surface area (Å²) in [4.78, 5) is 12.0. The summed E-state index contributed by atoms with van der Waals surface area (Å²) < 4.78 is 5.96. The average molecular weight is 493 g/mol. The molecule has 3 rings (SSSR count). The Morgan fingerprint density at radius 3 is 1.63 bits per heavy atom. The van der Waals surface area contributed by atoms with Gasteiger partial charge in [-0.3, -0.25) is 0 Å². The topological polar surface area (TPSA) is 37.2 Å². The summed E-state index contributed by atoms with van der Waals surface area (Å²) in [6, 6.07) is 8.65. The summed E-state index contributed by atoms with van der Waals surface area (Å²) in [5.74, 6) is 1.38. The summed E-state index contributed by atoms with van der Waals surface area (Å²) in [6.07, 6.45) is 0. The minimum absolute atomic E-state index is 0.569. The molecule has 1 fully saturated rings. The Morgan fingerprint density at radius 1 is 0.800 bits per heavy atom. The van der Waals surface area contributed by atoms with Gasteiger partial charge in [-0.15, -0.1) is 0 Å². The van der Waals surface area contributed by atoms with Crippen LogP contribution < -0.4 is 0 Å². The molecule has 1 heterocycles. The molecule has 0 N–H and O–H groups in total. The van der Waals surface area contributed by atoms with Gasteiger partial charge in [0.25, 0.3) is 5.90 Å². The van der Waals surface area contributed by atoms with Crippen molar-refractivity contribution in [2.75, 3.05) is 20.2 Å². The Morgan fingerprint density at radius 2 is 1.20 bits per heavy atom. The molecule has 0 aromatic heterocycles. The number of nitrogens with zero attached hydrogens (tertiary/aromatic N) is 3.